The molecule has 0 aliphatic carbocycles. The molecule has 41 heavy (non-hydrogen) atoms. The fourth-order valence-corrected chi connectivity index (χ4v) is 5.56. The van der Waals surface area contributed by atoms with Crippen molar-refractivity contribution in [2.45, 2.75) is 89.9 Å². The number of ether oxygens (including phenoxy) is 2. The first-order valence-electron chi connectivity index (χ1n) is 14.8. The number of hydrogen-bond donors (Lipinski definition) is 5. The molecular formula is C27H44N8O6. The fraction of sp³-hybridized carbons (Fsp3) is 0.741. The number of anilines is 1. The number of rotatable bonds is 8. The Kier molecular flexibility index (Phi) is 10.7. The van der Waals surface area contributed by atoms with Gasteiger partial charge in [-0.3, -0.25) is 9.36 Å². The normalized spacial score (nSPS) is 26.6. The number of aryl methyl sites for hydroxylation is 1. The molecule has 0 bridgehead atoms. The number of imidazole rings is 1. The van der Waals surface area contributed by atoms with E-state index in [9.17, 15) is 19.8 Å². The third-order valence-electron chi connectivity index (χ3n) is 7.78. The number of aromatic nitrogens is 4. The van der Waals surface area contributed by atoms with Crippen LogP contribution in [0.1, 0.15) is 64.9 Å². The van der Waals surface area contributed by atoms with Crippen LogP contribution in [0.4, 0.5) is 10.6 Å². The summed E-state index contributed by atoms with van der Waals surface area (Å²) in [6, 6.07) is 0. The maximum Gasteiger partial charge on any atom is 0.410 e. The van der Waals surface area contributed by atoms with Crippen LogP contribution in [0, 0.1) is 5.92 Å². The van der Waals surface area contributed by atoms with Crippen molar-refractivity contribution in [3.63, 3.8) is 0 Å². The van der Waals surface area contributed by atoms with E-state index in [0.29, 0.717) is 49.0 Å². The highest BCUT2D eigenvalue weighted by atomic mass is 16.6. The molecule has 3 aliphatic rings. The van der Waals surface area contributed by atoms with Gasteiger partial charge in [0.2, 0.25) is 0 Å². The highest BCUT2D eigenvalue weighted by molar-refractivity contribution is 5.83. The molecule has 3 fully saturated rings. The fourth-order valence-electron chi connectivity index (χ4n) is 5.56. The lowest BCUT2D eigenvalue weighted by atomic mass is 9.91. The van der Waals surface area contributed by atoms with Crippen molar-refractivity contribution in [3.8, 4) is 0 Å². The van der Waals surface area contributed by atoms with Gasteiger partial charge in [0, 0.05) is 32.6 Å². The molecule has 0 aromatic carbocycles. The lowest BCUT2D eigenvalue weighted by molar-refractivity contribution is -0.137. The Morgan fingerprint density at radius 3 is 2.63 bits per heavy atom. The molecule has 3 saturated heterocycles. The average molecular weight is 577 g/mol. The van der Waals surface area contributed by atoms with Gasteiger partial charge in [0.15, 0.2) is 23.8 Å². The summed E-state index contributed by atoms with van der Waals surface area (Å²) in [5.74, 6) is 0.760. The van der Waals surface area contributed by atoms with Crippen LogP contribution >= 0.6 is 0 Å². The summed E-state index contributed by atoms with van der Waals surface area (Å²) in [4.78, 5) is 39.8. The maximum atomic E-state index is 12.4. The van der Waals surface area contributed by atoms with Crippen LogP contribution in [0.5, 0.6) is 0 Å². The van der Waals surface area contributed by atoms with E-state index >= 15 is 0 Å². The van der Waals surface area contributed by atoms with Crippen molar-refractivity contribution in [1.82, 2.24) is 35.1 Å². The minimum atomic E-state index is -1.40. The number of carbonyl (C=O) groups is 2. The van der Waals surface area contributed by atoms with Crippen LogP contribution in [0.3, 0.4) is 0 Å². The number of fused-ring (bicyclic) bond motifs is 1. The second-order valence-electron chi connectivity index (χ2n) is 10.5. The Hall–Kier alpha value is -3.07. The van der Waals surface area contributed by atoms with Crippen LogP contribution in [0.2, 0.25) is 0 Å². The van der Waals surface area contributed by atoms with E-state index < -0.39 is 30.4 Å². The van der Waals surface area contributed by atoms with Crippen molar-refractivity contribution >= 4 is 29.0 Å². The standard InChI is InChI=1S/C25H38N8O6.C2H6/c1-2-28-23(36)20-18(34)19(35)24(39-20)33-13-29-17-21(26)30-16(31-22(17)33)5-3-4-14-7-10-32(11-8-14)25(37)38-15-6-9-27-12-15;1-2/h13-15,18-20,24,27,34-35H,2-12H2,1H3,(H,28,36)(H2,26,30,31);1-2H3/t15?,18?,19-,20-,24+;/m0./s1. The van der Waals surface area contributed by atoms with Gasteiger partial charge in [-0.25, -0.2) is 19.7 Å². The molecule has 2 unspecified atom stereocenters. The number of nitrogen functional groups attached to an aromatic ring is 1. The summed E-state index contributed by atoms with van der Waals surface area (Å²) in [5.41, 5.74) is 6.89. The predicted octanol–water partition coefficient (Wildman–Crippen LogP) is 0.723. The molecule has 0 radical (unpaired) electrons. The number of likely N-dealkylation sites (tertiary alicyclic amines) is 1. The van der Waals surface area contributed by atoms with Crippen molar-refractivity contribution < 1.29 is 29.3 Å². The van der Waals surface area contributed by atoms with Gasteiger partial charge in [0.1, 0.15) is 29.7 Å². The predicted molar refractivity (Wildman–Crippen MR) is 151 cm³/mol. The Morgan fingerprint density at radius 2 is 1.95 bits per heavy atom. The third-order valence-corrected chi connectivity index (χ3v) is 7.78. The molecule has 14 nitrogen and oxygen atoms in total. The molecule has 6 N–H and O–H groups in total. The van der Waals surface area contributed by atoms with Gasteiger partial charge in [0.05, 0.1) is 6.33 Å². The molecular weight excluding hydrogens is 532 g/mol. The largest absolute Gasteiger partial charge is 0.445 e. The first kappa shape index (κ1) is 30.9. The van der Waals surface area contributed by atoms with Crippen molar-refractivity contribution in [1.29, 1.82) is 0 Å². The highest BCUT2D eigenvalue weighted by Crippen LogP contribution is 2.32. The zero-order chi connectivity index (χ0) is 29.5. The summed E-state index contributed by atoms with van der Waals surface area (Å²) in [6.07, 6.45) is 1.32. The summed E-state index contributed by atoms with van der Waals surface area (Å²) in [5, 5.41) is 26.8. The second-order valence-corrected chi connectivity index (χ2v) is 10.5. The third kappa shape index (κ3) is 7.05. The van der Waals surface area contributed by atoms with Crippen LogP contribution in [0.15, 0.2) is 6.33 Å². The Bertz CT molecular complexity index is 1160. The van der Waals surface area contributed by atoms with Crippen LogP contribution in [-0.2, 0) is 20.7 Å². The molecule has 0 spiro atoms. The molecule has 2 aromatic heterocycles. The number of aliphatic hydroxyl groups is 2. The van der Waals surface area contributed by atoms with E-state index in [4.69, 9.17) is 15.2 Å². The van der Waals surface area contributed by atoms with Crippen molar-refractivity contribution in [2.24, 2.45) is 5.92 Å². The lowest BCUT2D eigenvalue weighted by Gasteiger charge is -2.32. The molecule has 2 aromatic rings. The van der Waals surface area contributed by atoms with E-state index in [-0.39, 0.29) is 18.0 Å². The number of nitrogens with two attached hydrogens (primary N) is 1. The summed E-state index contributed by atoms with van der Waals surface area (Å²) >= 11 is 0. The number of likely N-dealkylation sites (N-methyl/N-ethyl adjacent to an activating group) is 1. The van der Waals surface area contributed by atoms with E-state index in [2.05, 4.69) is 25.6 Å². The number of carbonyl (C=O) groups excluding carboxylic acids is 2. The van der Waals surface area contributed by atoms with Crippen LogP contribution in [0.25, 0.3) is 11.2 Å². The molecule has 14 heteroatoms. The van der Waals surface area contributed by atoms with Gasteiger partial charge in [-0.1, -0.05) is 13.8 Å². The molecule has 5 rings (SSSR count). The number of aliphatic hydroxyl groups excluding tert-OH is 2. The zero-order valence-electron chi connectivity index (χ0n) is 24.2. The Balaban J connectivity index is 0.00000189. The molecule has 5 heterocycles. The Labute approximate surface area is 240 Å². The first-order valence-corrected chi connectivity index (χ1v) is 14.8. The summed E-state index contributed by atoms with van der Waals surface area (Å²) in [7, 11) is 0. The van der Waals surface area contributed by atoms with Crippen LogP contribution < -0.4 is 16.4 Å². The minimum absolute atomic E-state index is 0.0214. The van der Waals surface area contributed by atoms with Crippen molar-refractivity contribution in [2.75, 3.05) is 38.5 Å². The van der Waals surface area contributed by atoms with Gasteiger partial charge >= 0.3 is 6.09 Å². The highest BCUT2D eigenvalue weighted by Gasteiger charge is 2.47. The quantitative estimate of drug-likeness (QED) is 0.298. The van der Waals surface area contributed by atoms with Gasteiger partial charge in [-0.05, 0) is 51.5 Å². The molecule has 2 amide bonds. The van der Waals surface area contributed by atoms with Gasteiger partial charge in [-0.2, -0.15) is 0 Å². The number of amides is 2. The zero-order valence-corrected chi connectivity index (χ0v) is 24.2. The molecule has 228 valence electrons. The van der Waals surface area contributed by atoms with E-state index in [0.717, 1.165) is 45.2 Å². The smallest absolute Gasteiger partial charge is 0.410 e. The summed E-state index contributed by atoms with van der Waals surface area (Å²) < 4.78 is 12.8. The molecule has 5 atom stereocenters. The first-order chi connectivity index (χ1) is 19.9. The van der Waals surface area contributed by atoms with Gasteiger partial charge in [0.25, 0.3) is 5.91 Å². The lowest BCUT2D eigenvalue weighted by Crippen LogP contribution is -2.42. The maximum absolute atomic E-state index is 12.4. The molecule has 0 saturated carbocycles. The molecule has 3 aliphatic heterocycles. The monoisotopic (exact) mass is 576 g/mol. The van der Waals surface area contributed by atoms with E-state index in [1.165, 1.54) is 10.9 Å². The SMILES string of the molecule is CC.CCNC(=O)[C@H]1O[C@@H](n2cnc3c(N)nc(CCCC4CCN(C(=O)OC5CCNC5)CC4)nc32)[C@@H](O)C1O. The van der Waals surface area contributed by atoms with Gasteiger partial charge in [-0.15, -0.1) is 0 Å². The number of hydrogen-bond acceptors (Lipinski definition) is 11. The van der Waals surface area contributed by atoms with Crippen molar-refractivity contribution in [3.05, 3.63) is 12.2 Å². The summed E-state index contributed by atoms with van der Waals surface area (Å²) in [6.45, 7) is 9.15. The van der Waals surface area contributed by atoms with Gasteiger partial charge < -0.3 is 41.0 Å². The Morgan fingerprint density at radius 1 is 1.20 bits per heavy atom. The number of nitrogens with one attached hydrogen (secondary N) is 2. The minimum Gasteiger partial charge on any atom is -0.445 e. The van der Waals surface area contributed by atoms with E-state index in [1.54, 1.807) is 11.8 Å². The number of piperidine rings is 1. The second kappa shape index (κ2) is 14.2. The number of nitrogens with zero attached hydrogens (tertiary/aromatic N) is 5. The topological polar surface area (TPSA) is 190 Å². The van der Waals surface area contributed by atoms with E-state index in [1.807, 2.05) is 13.8 Å². The van der Waals surface area contributed by atoms with Crippen LogP contribution in [-0.4, -0.2) is 104 Å². The average Bonchev–Trinajstić information content (AvgIpc) is 3.71.